The highest BCUT2D eigenvalue weighted by Gasteiger charge is 2.21. The summed E-state index contributed by atoms with van der Waals surface area (Å²) in [7, 11) is 1.99. The highest BCUT2D eigenvalue weighted by atomic mass is 79.9. The molecule has 1 atom stereocenters. The van der Waals surface area contributed by atoms with Crippen LogP contribution in [-0.4, -0.2) is 16.8 Å². The van der Waals surface area contributed by atoms with Crippen LogP contribution in [0.1, 0.15) is 50.6 Å². The van der Waals surface area contributed by atoms with Crippen molar-refractivity contribution in [3.63, 3.8) is 0 Å². The molecule has 0 aliphatic heterocycles. The molecule has 1 aromatic carbocycles. The minimum atomic E-state index is 0.135. The lowest BCUT2D eigenvalue weighted by molar-refractivity contribution is 0.560. The van der Waals surface area contributed by atoms with Crippen molar-refractivity contribution in [3.05, 3.63) is 51.8 Å². The number of rotatable bonds is 4. The zero-order valence-corrected chi connectivity index (χ0v) is 15.0. The smallest absolute Gasteiger partial charge is 0.0757 e. The number of halogens is 1. The molecule has 0 aliphatic rings. The van der Waals surface area contributed by atoms with Crippen molar-refractivity contribution >= 4 is 15.9 Å². The first kappa shape index (κ1) is 16.2. The van der Waals surface area contributed by atoms with E-state index in [-0.39, 0.29) is 11.5 Å². The first-order chi connectivity index (χ1) is 9.88. The Morgan fingerprint density at radius 1 is 1.24 bits per heavy atom. The Hall–Kier alpha value is -1.13. The average Bonchev–Trinajstić information content (AvgIpc) is 2.81. The molecular formula is C17H24BrN3. The van der Waals surface area contributed by atoms with E-state index in [0.717, 1.165) is 11.0 Å². The van der Waals surface area contributed by atoms with Crippen LogP contribution < -0.4 is 5.32 Å². The molecule has 0 fully saturated rings. The normalized spacial score (nSPS) is 13.4. The Kier molecular flexibility index (Phi) is 4.89. The van der Waals surface area contributed by atoms with Gasteiger partial charge >= 0.3 is 0 Å². The van der Waals surface area contributed by atoms with Gasteiger partial charge in [-0.1, -0.05) is 45.0 Å². The van der Waals surface area contributed by atoms with Gasteiger partial charge in [0.2, 0.25) is 0 Å². The predicted molar refractivity (Wildman–Crippen MR) is 91.6 cm³/mol. The van der Waals surface area contributed by atoms with Crippen molar-refractivity contribution in [2.24, 2.45) is 0 Å². The Morgan fingerprint density at radius 2 is 1.86 bits per heavy atom. The lowest BCUT2D eigenvalue weighted by Crippen LogP contribution is -2.22. The molecule has 0 aliphatic carbocycles. The van der Waals surface area contributed by atoms with E-state index in [0.29, 0.717) is 0 Å². The van der Waals surface area contributed by atoms with E-state index < -0.39 is 0 Å². The van der Waals surface area contributed by atoms with Gasteiger partial charge in [0, 0.05) is 6.54 Å². The maximum Gasteiger partial charge on any atom is 0.0757 e. The number of hydrogen-bond donors (Lipinski definition) is 1. The molecule has 0 saturated carbocycles. The van der Waals surface area contributed by atoms with Crippen LogP contribution in [0.2, 0.25) is 0 Å². The highest BCUT2D eigenvalue weighted by Crippen LogP contribution is 2.30. The second kappa shape index (κ2) is 6.32. The SMILES string of the molecule is CCn1ncc(Br)c1C(NC)c1ccc(C(C)(C)C)cc1. The van der Waals surface area contributed by atoms with Gasteiger partial charge in [0.1, 0.15) is 0 Å². The van der Waals surface area contributed by atoms with Gasteiger partial charge in [0.05, 0.1) is 22.4 Å². The van der Waals surface area contributed by atoms with Crippen LogP contribution >= 0.6 is 15.9 Å². The molecule has 114 valence electrons. The maximum atomic E-state index is 4.42. The molecule has 0 spiro atoms. The minimum absolute atomic E-state index is 0.135. The van der Waals surface area contributed by atoms with Gasteiger partial charge in [-0.3, -0.25) is 4.68 Å². The minimum Gasteiger partial charge on any atom is -0.308 e. The molecule has 0 bridgehead atoms. The van der Waals surface area contributed by atoms with E-state index in [1.807, 2.05) is 17.9 Å². The van der Waals surface area contributed by atoms with Gasteiger partial charge in [-0.05, 0) is 46.4 Å². The van der Waals surface area contributed by atoms with Crippen molar-refractivity contribution in [1.29, 1.82) is 0 Å². The number of benzene rings is 1. The largest absolute Gasteiger partial charge is 0.308 e. The summed E-state index contributed by atoms with van der Waals surface area (Å²) < 4.78 is 3.08. The summed E-state index contributed by atoms with van der Waals surface area (Å²) in [6, 6.07) is 9.00. The number of aryl methyl sites for hydroxylation is 1. The summed E-state index contributed by atoms with van der Waals surface area (Å²) >= 11 is 3.62. The van der Waals surface area contributed by atoms with Crippen LogP contribution in [0.3, 0.4) is 0 Å². The average molecular weight is 350 g/mol. The number of hydrogen-bond acceptors (Lipinski definition) is 2. The van der Waals surface area contributed by atoms with Gasteiger partial charge < -0.3 is 5.32 Å². The summed E-state index contributed by atoms with van der Waals surface area (Å²) in [6.45, 7) is 9.68. The third kappa shape index (κ3) is 3.38. The maximum absolute atomic E-state index is 4.42. The van der Waals surface area contributed by atoms with E-state index in [1.165, 1.54) is 16.8 Å². The summed E-state index contributed by atoms with van der Waals surface area (Å²) in [5, 5.41) is 7.82. The molecular weight excluding hydrogens is 326 g/mol. The Labute approximate surface area is 135 Å². The third-order valence-electron chi connectivity index (χ3n) is 3.80. The Balaban J connectivity index is 2.40. The van der Waals surface area contributed by atoms with Crippen molar-refractivity contribution in [2.75, 3.05) is 7.05 Å². The first-order valence-corrected chi connectivity index (χ1v) is 8.16. The second-order valence-corrected chi connectivity index (χ2v) is 7.14. The molecule has 2 aromatic rings. The zero-order valence-electron chi connectivity index (χ0n) is 13.4. The summed E-state index contributed by atoms with van der Waals surface area (Å²) in [5.74, 6) is 0. The van der Waals surface area contributed by atoms with Crippen molar-refractivity contribution in [3.8, 4) is 0 Å². The standard InChI is InChI=1S/C17H24BrN3/c1-6-21-16(14(18)11-20-21)15(19-5)12-7-9-13(10-8-12)17(2,3)4/h7-11,15,19H,6H2,1-5H3. The highest BCUT2D eigenvalue weighted by molar-refractivity contribution is 9.10. The van der Waals surface area contributed by atoms with Gasteiger partial charge in [0.15, 0.2) is 0 Å². The van der Waals surface area contributed by atoms with Gasteiger partial charge in [0.25, 0.3) is 0 Å². The van der Waals surface area contributed by atoms with Gasteiger partial charge in [-0.2, -0.15) is 5.10 Å². The second-order valence-electron chi connectivity index (χ2n) is 6.29. The fourth-order valence-corrected chi connectivity index (χ4v) is 3.07. The van der Waals surface area contributed by atoms with Crippen LogP contribution in [0.5, 0.6) is 0 Å². The summed E-state index contributed by atoms with van der Waals surface area (Å²) in [5.41, 5.74) is 3.95. The number of aromatic nitrogens is 2. The quantitative estimate of drug-likeness (QED) is 0.892. The molecule has 21 heavy (non-hydrogen) atoms. The Morgan fingerprint density at radius 3 is 2.33 bits per heavy atom. The van der Waals surface area contributed by atoms with Crippen LogP contribution in [0.4, 0.5) is 0 Å². The Bertz CT molecular complexity index is 593. The molecule has 2 rings (SSSR count). The fraction of sp³-hybridized carbons (Fsp3) is 0.471. The van der Waals surface area contributed by atoms with E-state index in [1.54, 1.807) is 0 Å². The third-order valence-corrected chi connectivity index (χ3v) is 4.42. The molecule has 1 unspecified atom stereocenters. The number of nitrogens with zero attached hydrogens (tertiary/aromatic N) is 2. The molecule has 0 amide bonds. The predicted octanol–water partition coefficient (Wildman–Crippen LogP) is 4.27. The van der Waals surface area contributed by atoms with Crippen LogP contribution in [0.15, 0.2) is 34.9 Å². The summed E-state index contributed by atoms with van der Waals surface area (Å²) in [4.78, 5) is 0. The monoisotopic (exact) mass is 349 g/mol. The molecule has 1 heterocycles. The van der Waals surface area contributed by atoms with E-state index in [2.05, 4.69) is 78.3 Å². The molecule has 1 aromatic heterocycles. The van der Waals surface area contributed by atoms with E-state index in [4.69, 9.17) is 0 Å². The molecule has 3 nitrogen and oxygen atoms in total. The zero-order chi connectivity index (χ0) is 15.6. The number of nitrogens with one attached hydrogen (secondary N) is 1. The lowest BCUT2D eigenvalue weighted by atomic mass is 9.86. The molecule has 0 saturated heterocycles. The van der Waals surface area contributed by atoms with Crippen LogP contribution in [-0.2, 0) is 12.0 Å². The van der Waals surface area contributed by atoms with E-state index >= 15 is 0 Å². The lowest BCUT2D eigenvalue weighted by Gasteiger charge is -2.22. The summed E-state index contributed by atoms with van der Waals surface area (Å²) in [6.07, 6.45) is 1.87. The fourth-order valence-electron chi connectivity index (χ4n) is 2.55. The van der Waals surface area contributed by atoms with Crippen molar-refractivity contribution < 1.29 is 0 Å². The van der Waals surface area contributed by atoms with Crippen molar-refractivity contribution in [2.45, 2.75) is 45.7 Å². The topological polar surface area (TPSA) is 29.9 Å². The molecule has 1 N–H and O–H groups in total. The van der Waals surface area contributed by atoms with Crippen LogP contribution in [0.25, 0.3) is 0 Å². The first-order valence-electron chi connectivity index (χ1n) is 7.37. The van der Waals surface area contributed by atoms with Crippen molar-refractivity contribution in [1.82, 2.24) is 15.1 Å². The molecule has 4 heteroatoms. The van der Waals surface area contributed by atoms with Gasteiger partial charge in [-0.15, -0.1) is 0 Å². The van der Waals surface area contributed by atoms with E-state index in [9.17, 15) is 0 Å². The van der Waals surface area contributed by atoms with Gasteiger partial charge in [-0.25, -0.2) is 0 Å². The van der Waals surface area contributed by atoms with Crippen LogP contribution in [0, 0.1) is 0 Å². The molecule has 0 radical (unpaired) electrons.